The van der Waals surface area contributed by atoms with Crippen molar-refractivity contribution >= 4 is 88.1 Å². The number of fused-ring (bicyclic) bond motifs is 2. The van der Waals surface area contributed by atoms with Crippen molar-refractivity contribution in [3.05, 3.63) is 105 Å². The topological polar surface area (TPSA) is 0 Å². The predicted octanol–water partition coefficient (Wildman–Crippen LogP) is 14.2. The molecule has 311 valence electrons. The normalized spacial score (nSPS) is 18.2. The van der Waals surface area contributed by atoms with Crippen LogP contribution in [0.15, 0.2) is 71.8 Å². The number of hydrogen-bond donors (Lipinski definition) is 0. The van der Waals surface area contributed by atoms with E-state index in [1.807, 2.05) is 0 Å². The van der Waals surface area contributed by atoms with Gasteiger partial charge in [0.15, 0.2) is 0 Å². The van der Waals surface area contributed by atoms with Crippen molar-refractivity contribution in [2.45, 2.75) is 139 Å². The monoisotopic (exact) mass is 973 g/mol. The van der Waals surface area contributed by atoms with Crippen LogP contribution in [0.2, 0.25) is 91.7 Å². The van der Waals surface area contributed by atoms with Gasteiger partial charge < -0.3 is 0 Å². The number of halogens is 2. The summed E-state index contributed by atoms with van der Waals surface area (Å²) >= 11 is -4.95. The Balaban J connectivity index is 1.63. The fourth-order valence-corrected chi connectivity index (χ4v) is 46.8. The molecule has 0 N–H and O–H groups in total. The second-order valence-corrected chi connectivity index (χ2v) is 85.3. The van der Waals surface area contributed by atoms with Crippen molar-refractivity contribution in [2.24, 2.45) is 0 Å². The summed E-state index contributed by atoms with van der Waals surface area (Å²) in [6.45, 7) is 44.3. The van der Waals surface area contributed by atoms with E-state index in [0.29, 0.717) is 0 Å². The fourth-order valence-electron chi connectivity index (χ4n) is 10.0. The zero-order valence-electron chi connectivity index (χ0n) is 39.3. The van der Waals surface area contributed by atoms with Gasteiger partial charge in [0.2, 0.25) is 0 Å². The Morgan fingerprint density at radius 1 is 0.500 bits per heavy atom. The van der Waals surface area contributed by atoms with Gasteiger partial charge in [0, 0.05) is 0 Å². The first-order chi connectivity index (χ1) is 26.5. The third kappa shape index (κ3) is 8.04. The Morgan fingerprint density at radius 3 is 1.03 bits per heavy atom. The first kappa shape index (κ1) is 46.4. The van der Waals surface area contributed by atoms with Crippen LogP contribution in [0.4, 0.5) is 0 Å². The zero-order chi connectivity index (χ0) is 43.3. The summed E-state index contributed by atoms with van der Waals surface area (Å²) in [5.74, 6) is -1.69. The average Bonchev–Trinajstić information content (AvgIpc) is 3.69. The van der Waals surface area contributed by atoms with Crippen molar-refractivity contribution < 1.29 is 15.6 Å². The van der Waals surface area contributed by atoms with E-state index in [1.54, 1.807) is 20.7 Å². The van der Waals surface area contributed by atoms with Gasteiger partial charge in [-0.05, 0) is 0 Å². The summed E-state index contributed by atoms with van der Waals surface area (Å²) in [5, 5.41) is 6.23. The summed E-state index contributed by atoms with van der Waals surface area (Å²) < 4.78 is 0.189. The van der Waals surface area contributed by atoms with E-state index in [0.717, 1.165) is 12.8 Å². The molecule has 0 fully saturated rings. The van der Waals surface area contributed by atoms with Gasteiger partial charge in [-0.1, -0.05) is 0 Å². The molecule has 0 bridgehead atoms. The molecule has 0 aliphatic heterocycles. The number of aryl methyl sites for hydroxylation is 2. The molecule has 4 aromatic rings. The molecule has 0 amide bonds. The molecule has 2 atom stereocenters. The molecule has 2 unspecified atom stereocenters. The van der Waals surface area contributed by atoms with E-state index < -0.39 is 53.8 Å². The molecule has 0 saturated heterocycles. The maximum atomic E-state index is 8.94. The van der Waals surface area contributed by atoms with Crippen LogP contribution in [-0.2, 0) is 15.6 Å². The van der Waals surface area contributed by atoms with Crippen molar-refractivity contribution in [3.8, 4) is 22.3 Å². The zero-order valence-corrected chi connectivity index (χ0v) is 48.5. The molecule has 2 aliphatic carbocycles. The molecule has 0 radical (unpaired) electrons. The van der Waals surface area contributed by atoms with Crippen LogP contribution in [0, 0.1) is 13.8 Å². The van der Waals surface area contributed by atoms with Crippen LogP contribution < -0.4 is 20.7 Å². The molecule has 0 spiro atoms. The molecule has 58 heavy (non-hydrogen) atoms. The van der Waals surface area contributed by atoms with Gasteiger partial charge in [-0.15, -0.1) is 0 Å². The van der Waals surface area contributed by atoms with Gasteiger partial charge in [0.1, 0.15) is 0 Å². The third-order valence-electron chi connectivity index (χ3n) is 13.9. The molecule has 0 saturated carbocycles. The van der Waals surface area contributed by atoms with Gasteiger partial charge in [0.25, 0.3) is 0 Å². The molecule has 6 rings (SSSR count). The Labute approximate surface area is 367 Å². The molecule has 8 heteroatoms. The van der Waals surface area contributed by atoms with Crippen LogP contribution in [0.5, 0.6) is 0 Å². The number of benzene rings is 4. The fraction of sp³-hybridized carbons (Fsp3) is 0.440. The van der Waals surface area contributed by atoms with Gasteiger partial charge in [0.05, 0.1) is 0 Å². The van der Waals surface area contributed by atoms with Crippen molar-refractivity contribution in [1.29, 1.82) is 0 Å². The van der Waals surface area contributed by atoms with Crippen LogP contribution in [0.1, 0.15) is 67.3 Å². The Bertz CT molecular complexity index is 2140. The molecular weight excluding hydrogens is 903 g/mol. The van der Waals surface area contributed by atoms with Crippen LogP contribution in [0.3, 0.4) is 0 Å². The SMILES string of the molecule is CCC1=Cc2c(ccc(C)c2-c2cc([Si](C)(C)C)cc([Si](C)(C)C)c2)[CH]1[Zr]([Cl])([Cl])([CH]1C(CC)=Cc2c1ccc(C)c2-c1cc([Si](C)(C)C)cc([Si](C)(C)C)c1)[SiH](C)C. The van der Waals surface area contributed by atoms with Crippen LogP contribution in [-0.4, -0.2) is 38.2 Å². The minimum absolute atomic E-state index is 0.0943. The van der Waals surface area contributed by atoms with Gasteiger partial charge in [-0.3, -0.25) is 0 Å². The summed E-state index contributed by atoms with van der Waals surface area (Å²) in [5.41, 5.74) is 16.8. The van der Waals surface area contributed by atoms with Gasteiger partial charge in [-0.25, -0.2) is 0 Å². The number of allylic oxidation sites excluding steroid dienone is 2. The van der Waals surface area contributed by atoms with Gasteiger partial charge >= 0.3 is 371 Å². The Hall–Kier alpha value is -1.09. The van der Waals surface area contributed by atoms with Crippen molar-refractivity contribution in [3.63, 3.8) is 0 Å². The molecule has 0 heterocycles. The van der Waals surface area contributed by atoms with E-state index in [9.17, 15) is 0 Å². The minimum atomic E-state index is -4.95. The molecule has 4 aromatic carbocycles. The van der Waals surface area contributed by atoms with E-state index >= 15 is 0 Å². The Morgan fingerprint density at radius 2 is 0.793 bits per heavy atom. The van der Waals surface area contributed by atoms with Crippen LogP contribution in [0.25, 0.3) is 34.4 Å². The van der Waals surface area contributed by atoms with Crippen molar-refractivity contribution in [1.82, 2.24) is 0 Å². The number of hydrogen-bond acceptors (Lipinski definition) is 0. The molecule has 0 nitrogen and oxygen atoms in total. The summed E-state index contributed by atoms with van der Waals surface area (Å²) in [4.78, 5) is 0. The van der Waals surface area contributed by atoms with E-state index in [1.165, 1.54) is 66.8 Å². The standard InChI is InChI=1S/2C24H33Si2.C2H7Si.2ClH.Zr/c2*1-9-18-12-19-11-10-17(2)24(23(19)13-18)20-14-21(25(3,4)5)16-22(15-20)26(6,7)8;1-3-2;;;/h2*10-16H,9H2,1-8H3;3H,1-2H3;2*1H;/q;;;;;+2/p-2. The van der Waals surface area contributed by atoms with E-state index in [4.69, 9.17) is 17.0 Å². The molecular formula is C50H73Cl2Si5Zr. The van der Waals surface area contributed by atoms with Crippen molar-refractivity contribution in [2.75, 3.05) is 0 Å². The predicted molar refractivity (Wildman–Crippen MR) is 278 cm³/mol. The van der Waals surface area contributed by atoms with E-state index in [-0.39, 0.29) is 7.25 Å². The summed E-state index contributed by atoms with van der Waals surface area (Å²) in [6, 6.07) is 25.0. The summed E-state index contributed by atoms with van der Waals surface area (Å²) in [7, 11) is 11.5. The van der Waals surface area contributed by atoms with Gasteiger partial charge in [-0.2, -0.15) is 0 Å². The Kier molecular flexibility index (Phi) is 12.5. The first-order valence-electron chi connectivity index (χ1n) is 22.1. The quantitative estimate of drug-likeness (QED) is 0.131. The maximum absolute atomic E-state index is 8.94. The second kappa shape index (κ2) is 15.6. The number of rotatable bonds is 11. The molecule has 0 aromatic heterocycles. The average molecular weight is 977 g/mol. The van der Waals surface area contributed by atoms with E-state index in [2.05, 4.69) is 192 Å². The van der Waals surface area contributed by atoms with Crippen LogP contribution >= 0.6 is 17.0 Å². The first-order valence-corrected chi connectivity index (χ1v) is 52.4. The molecule has 2 aliphatic rings. The summed E-state index contributed by atoms with van der Waals surface area (Å²) in [6.07, 6.45) is 7.06. The third-order valence-corrected chi connectivity index (χ3v) is 73.9. The second-order valence-electron chi connectivity index (χ2n) is 22.5.